The molecule has 0 heterocycles. The summed E-state index contributed by atoms with van der Waals surface area (Å²) in [5.41, 5.74) is 5.35. The van der Waals surface area contributed by atoms with Crippen molar-refractivity contribution in [3.63, 3.8) is 0 Å². The topological polar surface area (TPSA) is 20.2 Å². The minimum absolute atomic E-state index is 0.331. The summed E-state index contributed by atoms with van der Waals surface area (Å²) in [6, 6.07) is 17.3. The van der Waals surface area contributed by atoms with Gasteiger partial charge in [-0.15, -0.1) is 0 Å². The maximum atomic E-state index is 10.7. The first-order chi connectivity index (χ1) is 10.3. The van der Waals surface area contributed by atoms with Crippen LogP contribution in [0.2, 0.25) is 0 Å². The first-order valence-electron chi connectivity index (χ1n) is 8.16. The molecule has 4 rings (SSSR count). The lowest BCUT2D eigenvalue weighted by molar-refractivity contribution is 0.113. The van der Waals surface area contributed by atoms with Crippen molar-refractivity contribution in [1.29, 1.82) is 0 Å². The number of hydrogen-bond acceptors (Lipinski definition) is 1. The van der Waals surface area contributed by atoms with Crippen molar-refractivity contribution >= 4 is 0 Å². The molecule has 0 spiro atoms. The van der Waals surface area contributed by atoms with Crippen LogP contribution in [0.15, 0.2) is 48.5 Å². The monoisotopic (exact) mass is 278 g/mol. The molecular formula is C20H22O. The number of aliphatic hydroxyl groups is 1. The molecule has 1 saturated carbocycles. The molecule has 1 unspecified atom stereocenters. The Bertz CT molecular complexity index is 600. The average molecular weight is 278 g/mol. The molecular weight excluding hydrogens is 256 g/mol. The third-order valence-corrected chi connectivity index (χ3v) is 5.38. The van der Waals surface area contributed by atoms with E-state index in [1.165, 1.54) is 36.0 Å². The molecule has 0 amide bonds. The highest BCUT2D eigenvalue weighted by Gasteiger charge is 2.28. The van der Waals surface area contributed by atoms with E-state index in [1.54, 1.807) is 0 Å². The van der Waals surface area contributed by atoms with Gasteiger partial charge in [-0.2, -0.15) is 0 Å². The second-order valence-corrected chi connectivity index (χ2v) is 6.68. The highest BCUT2D eigenvalue weighted by molar-refractivity contribution is 5.34. The second kappa shape index (κ2) is 5.31. The van der Waals surface area contributed by atoms with E-state index in [1.807, 2.05) is 0 Å². The van der Waals surface area contributed by atoms with Crippen molar-refractivity contribution in [3.8, 4) is 0 Å². The Morgan fingerprint density at radius 3 is 2.00 bits per heavy atom. The quantitative estimate of drug-likeness (QED) is 0.882. The summed E-state index contributed by atoms with van der Waals surface area (Å²) in [6.45, 7) is 0. The Kier molecular flexibility index (Phi) is 3.31. The van der Waals surface area contributed by atoms with Gasteiger partial charge in [-0.3, -0.25) is 0 Å². The van der Waals surface area contributed by atoms with Gasteiger partial charge in [0.25, 0.3) is 0 Å². The molecule has 2 aromatic rings. The molecule has 0 radical (unpaired) electrons. The van der Waals surface area contributed by atoms with Crippen molar-refractivity contribution in [2.75, 3.05) is 0 Å². The molecule has 1 fully saturated rings. The molecule has 2 aliphatic carbocycles. The first kappa shape index (κ1) is 13.1. The first-order valence-corrected chi connectivity index (χ1v) is 8.16. The molecule has 0 bridgehead atoms. The molecule has 1 nitrogen and oxygen atoms in total. The zero-order valence-electron chi connectivity index (χ0n) is 12.3. The fourth-order valence-corrected chi connectivity index (χ4v) is 3.80. The fourth-order valence-electron chi connectivity index (χ4n) is 3.80. The van der Waals surface area contributed by atoms with Crippen LogP contribution in [0.3, 0.4) is 0 Å². The largest absolute Gasteiger partial charge is 0.388 e. The molecule has 0 aliphatic heterocycles. The summed E-state index contributed by atoms with van der Waals surface area (Å²) in [5, 5.41) is 10.7. The Balaban J connectivity index is 1.49. The second-order valence-electron chi connectivity index (χ2n) is 6.68. The van der Waals surface area contributed by atoms with Gasteiger partial charge in [-0.25, -0.2) is 0 Å². The van der Waals surface area contributed by atoms with Gasteiger partial charge in [0.15, 0.2) is 0 Å². The number of hydrogen-bond donors (Lipinski definition) is 1. The number of benzene rings is 2. The number of fused-ring (bicyclic) bond motifs is 1. The molecule has 0 saturated heterocycles. The summed E-state index contributed by atoms with van der Waals surface area (Å²) in [4.78, 5) is 0. The standard InChI is InChI=1S/C20H22O/c21-20(19-12-17-4-1-2-5-18(17)13-19)16-10-8-15(9-11-16)14-6-3-7-14/h1-2,4-5,8-11,14,19-21H,3,6-7,12-13H2. The van der Waals surface area contributed by atoms with E-state index in [0.717, 1.165) is 24.3 Å². The number of rotatable bonds is 3. The van der Waals surface area contributed by atoms with Crippen LogP contribution >= 0.6 is 0 Å². The third-order valence-electron chi connectivity index (χ3n) is 5.38. The Morgan fingerprint density at radius 2 is 1.48 bits per heavy atom. The van der Waals surface area contributed by atoms with Gasteiger partial charge in [0.1, 0.15) is 0 Å². The van der Waals surface area contributed by atoms with Crippen LogP contribution in [0, 0.1) is 5.92 Å². The van der Waals surface area contributed by atoms with Crippen molar-refractivity contribution < 1.29 is 5.11 Å². The third kappa shape index (κ3) is 2.40. The van der Waals surface area contributed by atoms with Crippen LogP contribution in [-0.2, 0) is 12.8 Å². The molecule has 2 aromatic carbocycles. The van der Waals surface area contributed by atoms with Crippen LogP contribution < -0.4 is 0 Å². The fraction of sp³-hybridized carbons (Fsp3) is 0.400. The van der Waals surface area contributed by atoms with Gasteiger partial charge in [-0.05, 0) is 59.8 Å². The minimum Gasteiger partial charge on any atom is -0.388 e. The van der Waals surface area contributed by atoms with E-state index >= 15 is 0 Å². The Labute approximate surface area is 126 Å². The van der Waals surface area contributed by atoms with Crippen molar-refractivity contribution in [3.05, 3.63) is 70.8 Å². The molecule has 108 valence electrons. The van der Waals surface area contributed by atoms with Crippen molar-refractivity contribution in [2.45, 2.75) is 44.1 Å². The van der Waals surface area contributed by atoms with Crippen LogP contribution in [0.25, 0.3) is 0 Å². The summed E-state index contributed by atoms with van der Waals surface area (Å²) in [7, 11) is 0. The van der Waals surface area contributed by atoms with Crippen LogP contribution in [0.5, 0.6) is 0 Å². The Hall–Kier alpha value is -1.60. The van der Waals surface area contributed by atoms with Crippen LogP contribution in [0.1, 0.15) is 53.5 Å². The summed E-state index contributed by atoms with van der Waals surface area (Å²) in [5.74, 6) is 1.10. The number of aliphatic hydroxyl groups excluding tert-OH is 1. The van der Waals surface area contributed by atoms with E-state index in [9.17, 15) is 5.11 Å². The molecule has 1 heteroatoms. The van der Waals surface area contributed by atoms with E-state index in [-0.39, 0.29) is 6.10 Å². The predicted octanol–water partition coefficient (Wildman–Crippen LogP) is 4.40. The lowest BCUT2D eigenvalue weighted by atomic mass is 9.79. The van der Waals surface area contributed by atoms with E-state index in [0.29, 0.717) is 5.92 Å². The maximum Gasteiger partial charge on any atom is 0.0824 e. The summed E-state index contributed by atoms with van der Waals surface area (Å²) < 4.78 is 0. The zero-order valence-corrected chi connectivity index (χ0v) is 12.3. The molecule has 2 aliphatic rings. The maximum absolute atomic E-state index is 10.7. The lowest BCUT2D eigenvalue weighted by Gasteiger charge is -2.26. The average Bonchev–Trinajstić information content (AvgIpc) is 2.89. The van der Waals surface area contributed by atoms with Crippen LogP contribution in [0.4, 0.5) is 0 Å². The molecule has 0 aromatic heterocycles. The van der Waals surface area contributed by atoms with Gasteiger partial charge in [-0.1, -0.05) is 55.0 Å². The SMILES string of the molecule is OC(c1ccc(C2CCC2)cc1)C1Cc2ccccc2C1. The lowest BCUT2D eigenvalue weighted by Crippen LogP contribution is -2.13. The van der Waals surface area contributed by atoms with E-state index < -0.39 is 0 Å². The summed E-state index contributed by atoms with van der Waals surface area (Å²) >= 11 is 0. The van der Waals surface area contributed by atoms with Gasteiger partial charge < -0.3 is 5.11 Å². The van der Waals surface area contributed by atoms with E-state index in [2.05, 4.69) is 48.5 Å². The van der Waals surface area contributed by atoms with Crippen LogP contribution in [-0.4, -0.2) is 5.11 Å². The smallest absolute Gasteiger partial charge is 0.0824 e. The molecule has 1 atom stereocenters. The normalized spacial score (nSPS) is 20.0. The highest BCUT2D eigenvalue weighted by Crippen LogP contribution is 2.38. The van der Waals surface area contributed by atoms with Gasteiger partial charge >= 0.3 is 0 Å². The molecule has 1 N–H and O–H groups in total. The van der Waals surface area contributed by atoms with E-state index in [4.69, 9.17) is 0 Å². The van der Waals surface area contributed by atoms with Gasteiger partial charge in [0.2, 0.25) is 0 Å². The highest BCUT2D eigenvalue weighted by atomic mass is 16.3. The van der Waals surface area contributed by atoms with Crippen molar-refractivity contribution in [2.24, 2.45) is 5.92 Å². The van der Waals surface area contributed by atoms with Gasteiger partial charge in [0, 0.05) is 0 Å². The zero-order chi connectivity index (χ0) is 14.2. The van der Waals surface area contributed by atoms with Gasteiger partial charge in [0.05, 0.1) is 6.10 Å². The van der Waals surface area contributed by atoms with Crippen molar-refractivity contribution in [1.82, 2.24) is 0 Å². The molecule has 21 heavy (non-hydrogen) atoms. The Morgan fingerprint density at radius 1 is 0.857 bits per heavy atom. The summed E-state index contributed by atoms with van der Waals surface area (Å²) in [6.07, 6.45) is 5.70. The predicted molar refractivity (Wildman–Crippen MR) is 85.3 cm³/mol. The minimum atomic E-state index is -0.340.